The summed E-state index contributed by atoms with van der Waals surface area (Å²) in [5, 5.41) is 15.9. The van der Waals surface area contributed by atoms with Gasteiger partial charge in [0.1, 0.15) is 23.7 Å². The Bertz CT molecular complexity index is 846. The maximum atomic E-state index is 5.92. The SMILES string of the molecule is CCNC(=NCc1nnc(C)n1C)NC(C)c1cc2ccccc2o1. The summed E-state index contributed by atoms with van der Waals surface area (Å²) >= 11 is 0. The highest BCUT2D eigenvalue weighted by atomic mass is 16.3. The lowest BCUT2D eigenvalue weighted by Gasteiger charge is -2.16. The van der Waals surface area contributed by atoms with E-state index < -0.39 is 0 Å². The number of aromatic nitrogens is 3. The molecule has 2 aromatic heterocycles. The average Bonchev–Trinajstić information content (AvgIpc) is 3.17. The van der Waals surface area contributed by atoms with Crippen LogP contribution in [0, 0.1) is 6.92 Å². The Morgan fingerprint density at radius 2 is 2.12 bits per heavy atom. The Kier molecular flexibility index (Phi) is 5.02. The molecule has 7 heteroatoms. The Labute approximate surface area is 147 Å². The molecule has 2 N–H and O–H groups in total. The Morgan fingerprint density at radius 1 is 1.32 bits per heavy atom. The molecule has 0 saturated heterocycles. The average molecular weight is 340 g/mol. The summed E-state index contributed by atoms with van der Waals surface area (Å²) in [5.74, 6) is 3.29. The van der Waals surface area contributed by atoms with Gasteiger partial charge in [-0.1, -0.05) is 18.2 Å². The summed E-state index contributed by atoms with van der Waals surface area (Å²) in [7, 11) is 1.94. The highest BCUT2D eigenvalue weighted by Crippen LogP contribution is 2.23. The number of fused-ring (bicyclic) bond motifs is 1. The van der Waals surface area contributed by atoms with Crippen molar-refractivity contribution in [3.8, 4) is 0 Å². The zero-order valence-corrected chi connectivity index (χ0v) is 15.1. The summed E-state index contributed by atoms with van der Waals surface area (Å²) < 4.78 is 7.86. The van der Waals surface area contributed by atoms with E-state index in [1.54, 1.807) is 0 Å². The third kappa shape index (κ3) is 3.81. The van der Waals surface area contributed by atoms with Crippen LogP contribution in [-0.4, -0.2) is 27.3 Å². The number of nitrogens with zero attached hydrogens (tertiary/aromatic N) is 4. The molecular formula is C18H24N6O. The number of furan rings is 1. The Balaban J connectivity index is 1.73. The van der Waals surface area contributed by atoms with Gasteiger partial charge in [0.05, 0.1) is 6.04 Å². The molecule has 0 aliphatic rings. The molecule has 1 aromatic carbocycles. The van der Waals surface area contributed by atoms with Crippen LogP contribution in [0.5, 0.6) is 0 Å². The van der Waals surface area contributed by atoms with Crippen LogP contribution in [0.4, 0.5) is 0 Å². The van der Waals surface area contributed by atoms with E-state index in [4.69, 9.17) is 4.42 Å². The molecule has 0 aliphatic carbocycles. The van der Waals surface area contributed by atoms with Crippen molar-refractivity contribution in [1.82, 2.24) is 25.4 Å². The predicted octanol–water partition coefficient (Wildman–Crippen LogP) is 2.69. The first kappa shape index (κ1) is 17.0. The van der Waals surface area contributed by atoms with Gasteiger partial charge in [-0.05, 0) is 32.9 Å². The van der Waals surface area contributed by atoms with Crippen molar-refractivity contribution in [1.29, 1.82) is 0 Å². The van der Waals surface area contributed by atoms with Crippen LogP contribution >= 0.6 is 0 Å². The molecule has 1 unspecified atom stereocenters. The molecule has 3 aromatic rings. The first-order valence-electron chi connectivity index (χ1n) is 8.46. The van der Waals surface area contributed by atoms with Crippen LogP contribution in [0.15, 0.2) is 39.7 Å². The van der Waals surface area contributed by atoms with Crippen molar-refractivity contribution in [3.63, 3.8) is 0 Å². The van der Waals surface area contributed by atoms with Gasteiger partial charge in [-0.15, -0.1) is 10.2 Å². The summed E-state index contributed by atoms with van der Waals surface area (Å²) in [6, 6.07) is 10.1. The summed E-state index contributed by atoms with van der Waals surface area (Å²) in [5.41, 5.74) is 0.891. The minimum Gasteiger partial charge on any atom is -0.459 e. The van der Waals surface area contributed by atoms with Gasteiger partial charge in [-0.25, -0.2) is 4.99 Å². The largest absolute Gasteiger partial charge is 0.459 e. The zero-order chi connectivity index (χ0) is 17.8. The monoisotopic (exact) mass is 340 g/mol. The van der Waals surface area contributed by atoms with Crippen LogP contribution in [0.1, 0.15) is 37.3 Å². The smallest absolute Gasteiger partial charge is 0.192 e. The van der Waals surface area contributed by atoms with Gasteiger partial charge in [-0.2, -0.15) is 0 Å². The normalized spacial score (nSPS) is 13.2. The summed E-state index contributed by atoms with van der Waals surface area (Å²) in [6.45, 7) is 7.25. The fourth-order valence-corrected chi connectivity index (χ4v) is 2.55. The molecule has 0 saturated carbocycles. The van der Waals surface area contributed by atoms with Crippen molar-refractivity contribution in [2.45, 2.75) is 33.4 Å². The van der Waals surface area contributed by atoms with E-state index in [1.807, 2.05) is 49.7 Å². The topological polar surface area (TPSA) is 80.3 Å². The minimum absolute atomic E-state index is 0.00793. The molecule has 0 aliphatic heterocycles. The van der Waals surface area contributed by atoms with E-state index in [0.717, 1.165) is 40.9 Å². The Morgan fingerprint density at radius 3 is 2.80 bits per heavy atom. The van der Waals surface area contributed by atoms with Gasteiger partial charge in [0.25, 0.3) is 0 Å². The van der Waals surface area contributed by atoms with E-state index >= 15 is 0 Å². The molecule has 3 rings (SSSR count). The van der Waals surface area contributed by atoms with E-state index in [-0.39, 0.29) is 6.04 Å². The number of benzene rings is 1. The summed E-state index contributed by atoms with van der Waals surface area (Å²) in [4.78, 5) is 4.61. The standard InChI is InChI=1S/C18H24N6O/c1-5-19-18(20-11-17-23-22-13(3)24(17)4)21-12(2)16-10-14-8-6-7-9-15(14)25-16/h6-10,12H,5,11H2,1-4H3,(H2,19,20,21). The number of rotatable bonds is 5. The van der Waals surface area contributed by atoms with Crippen LogP contribution in [0.25, 0.3) is 11.0 Å². The fraction of sp³-hybridized carbons (Fsp3) is 0.389. The zero-order valence-electron chi connectivity index (χ0n) is 15.1. The first-order valence-corrected chi connectivity index (χ1v) is 8.46. The van der Waals surface area contributed by atoms with Crippen LogP contribution < -0.4 is 10.6 Å². The molecule has 0 fully saturated rings. The highest BCUT2D eigenvalue weighted by Gasteiger charge is 2.13. The molecule has 0 bridgehead atoms. The van der Waals surface area contributed by atoms with Crippen molar-refractivity contribution in [2.24, 2.45) is 12.0 Å². The van der Waals surface area contributed by atoms with Crippen molar-refractivity contribution >= 4 is 16.9 Å². The third-order valence-corrected chi connectivity index (χ3v) is 4.13. The lowest BCUT2D eigenvalue weighted by Crippen LogP contribution is -2.38. The van der Waals surface area contributed by atoms with Gasteiger partial charge in [0.15, 0.2) is 11.8 Å². The van der Waals surface area contributed by atoms with Gasteiger partial charge in [0.2, 0.25) is 0 Å². The Hall–Kier alpha value is -2.83. The van der Waals surface area contributed by atoms with Gasteiger partial charge in [-0.3, -0.25) is 0 Å². The van der Waals surface area contributed by atoms with Crippen molar-refractivity contribution in [3.05, 3.63) is 47.7 Å². The van der Waals surface area contributed by atoms with E-state index in [2.05, 4.69) is 38.8 Å². The molecule has 0 spiro atoms. The number of hydrogen-bond acceptors (Lipinski definition) is 4. The number of hydrogen-bond donors (Lipinski definition) is 2. The lowest BCUT2D eigenvalue weighted by molar-refractivity contribution is 0.488. The number of aliphatic imine (C=N–C) groups is 1. The first-order chi connectivity index (χ1) is 12.1. The van der Waals surface area contributed by atoms with Crippen LogP contribution in [0.3, 0.4) is 0 Å². The van der Waals surface area contributed by atoms with E-state index in [0.29, 0.717) is 6.54 Å². The molecule has 2 heterocycles. The number of para-hydroxylation sites is 1. The second-order valence-electron chi connectivity index (χ2n) is 5.97. The second kappa shape index (κ2) is 7.38. The predicted molar refractivity (Wildman–Crippen MR) is 98.3 cm³/mol. The number of nitrogens with one attached hydrogen (secondary N) is 2. The third-order valence-electron chi connectivity index (χ3n) is 4.13. The maximum absolute atomic E-state index is 5.92. The van der Waals surface area contributed by atoms with E-state index in [9.17, 15) is 0 Å². The molecule has 0 amide bonds. The fourth-order valence-electron chi connectivity index (χ4n) is 2.55. The molecule has 0 radical (unpaired) electrons. The maximum Gasteiger partial charge on any atom is 0.192 e. The van der Waals surface area contributed by atoms with E-state index in [1.165, 1.54) is 0 Å². The molecule has 1 atom stereocenters. The number of guanidine groups is 1. The quantitative estimate of drug-likeness (QED) is 0.551. The van der Waals surface area contributed by atoms with Gasteiger partial charge >= 0.3 is 0 Å². The highest BCUT2D eigenvalue weighted by molar-refractivity contribution is 5.81. The van der Waals surface area contributed by atoms with Gasteiger partial charge < -0.3 is 19.6 Å². The van der Waals surface area contributed by atoms with Crippen molar-refractivity contribution < 1.29 is 4.42 Å². The molecular weight excluding hydrogens is 316 g/mol. The van der Waals surface area contributed by atoms with Crippen LogP contribution in [0.2, 0.25) is 0 Å². The van der Waals surface area contributed by atoms with Gasteiger partial charge in [0, 0.05) is 19.0 Å². The molecule has 25 heavy (non-hydrogen) atoms. The van der Waals surface area contributed by atoms with Crippen molar-refractivity contribution in [2.75, 3.05) is 6.54 Å². The minimum atomic E-state index is -0.00793. The number of aryl methyl sites for hydroxylation is 1. The molecule has 132 valence electrons. The lowest BCUT2D eigenvalue weighted by atomic mass is 10.2. The summed E-state index contributed by atoms with van der Waals surface area (Å²) in [6.07, 6.45) is 0. The molecule has 7 nitrogen and oxygen atoms in total. The second-order valence-corrected chi connectivity index (χ2v) is 5.97. The van der Waals surface area contributed by atoms with Crippen LogP contribution in [-0.2, 0) is 13.6 Å².